The Morgan fingerprint density at radius 2 is 2.17 bits per heavy atom. The fraction of sp³-hybridized carbons (Fsp3) is 0.278. The van der Waals surface area contributed by atoms with Crippen LogP contribution in [0.25, 0.3) is 11.3 Å². The highest BCUT2D eigenvalue weighted by atomic mass is 16.5. The van der Waals surface area contributed by atoms with Crippen LogP contribution < -0.4 is 5.32 Å². The number of benzene rings is 1. The predicted octanol–water partition coefficient (Wildman–Crippen LogP) is 2.59. The molecule has 0 radical (unpaired) electrons. The lowest BCUT2D eigenvalue weighted by Gasteiger charge is -2.24. The number of aryl methyl sites for hydroxylation is 2. The molecule has 3 aromatic rings. The number of aromatic nitrogens is 3. The van der Waals surface area contributed by atoms with E-state index in [4.69, 9.17) is 4.52 Å². The van der Waals surface area contributed by atoms with Gasteiger partial charge in [0.05, 0.1) is 0 Å². The fourth-order valence-electron chi connectivity index (χ4n) is 2.98. The van der Waals surface area contributed by atoms with Crippen LogP contribution >= 0.6 is 0 Å². The summed E-state index contributed by atoms with van der Waals surface area (Å²) in [5.74, 6) is 1.08. The molecule has 1 amide bonds. The second-order valence-electron chi connectivity index (χ2n) is 6.15. The average Bonchev–Trinajstić information content (AvgIpc) is 3.24. The van der Waals surface area contributed by atoms with Crippen molar-refractivity contribution in [2.75, 3.05) is 0 Å². The number of imidazole rings is 1. The molecule has 1 atom stereocenters. The zero-order valence-corrected chi connectivity index (χ0v) is 13.4. The molecule has 0 saturated carbocycles. The van der Waals surface area contributed by atoms with E-state index in [-0.39, 0.29) is 17.7 Å². The van der Waals surface area contributed by atoms with Crippen LogP contribution in [0.4, 0.5) is 0 Å². The third-order valence-electron chi connectivity index (χ3n) is 4.35. The van der Waals surface area contributed by atoms with Crippen LogP contribution in [0.3, 0.4) is 0 Å². The zero-order valence-electron chi connectivity index (χ0n) is 13.4. The molecule has 0 saturated heterocycles. The maximum atomic E-state index is 12.4. The standard InChI is InChI=1S/C18H18N4O2/c1-12-2-4-13(5-3-12)15-10-16(24-21-15)18(23)20-14-6-7-17-19-8-9-22(17)11-14/h2-5,8-10,14H,6-7,11H2,1H3,(H,20,23)/t14-/m0/s1. The largest absolute Gasteiger partial charge is 0.350 e. The Labute approximate surface area is 139 Å². The lowest BCUT2D eigenvalue weighted by atomic mass is 10.1. The van der Waals surface area contributed by atoms with E-state index in [9.17, 15) is 4.79 Å². The quantitative estimate of drug-likeness (QED) is 0.804. The molecular weight excluding hydrogens is 304 g/mol. The Balaban J connectivity index is 1.45. The molecule has 0 fully saturated rings. The lowest BCUT2D eigenvalue weighted by Crippen LogP contribution is -2.40. The van der Waals surface area contributed by atoms with E-state index in [0.717, 1.165) is 30.8 Å². The van der Waals surface area contributed by atoms with Crippen LogP contribution in [0, 0.1) is 6.92 Å². The number of hydrogen-bond donors (Lipinski definition) is 1. The van der Waals surface area contributed by atoms with E-state index in [1.807, 2.05) is 37.4 Å². The van der Waals surface area contributed by atoms with E-state index in [1.165, 1.54) is 5.56 Å². The number of rotatable bonds is 3. The maximum absolute atomic E-state index is 12.4. The molecule has 1 aliphatic heterocycles. The van der Waals surface area contributed by atoms with Crippen LogP contribution in [-0.2, 0) is 13.0 Å². The maximum Gasteiger partial charge on any atom is 0.290 e. The monoisotopic (exact) mass is 322 g/mol. The van der Waals surface area contributed by atoms with Crippen LogP contribution in [0.15, 0.2) is 47.2 Å². The lowest BCUT2D eigenvalue weighted by molar-refractivity contribution is 0.0890. The van der Waals surface area contributed by atoms with E-state index in [0.29, 0.717) is 5.69 Å². The summed E-state index contributed by atoms with van der Waals surface area (Å²) in [6.07, 6.45) is 5.48. The summed E-state index contributed by atoms with van der Waals surface area (Å²) < 4.78 is 7.30. The van der Waals surface area contributed by atoms with Crippen molar-refractivity contribution >= 4 is 5.91 Å². The van der Waals surface area contributed by atoms with Gasteiger partial charge in [-0.05, 0) is 13.3 Å². The van der Waals surface area contributed by atoms with Gasteiger partial charge in [0, 0.05) is 43.0 Å². The van der Waals surface area contributed by atoms with Crippen molar-refractivity contribution in [1.82, 2.24) is 20.0 Å². The van der Waals surface area contributed by atoms with Crippen LogP contribution in [0.2, 0.25) is 0 Å². The number of carbonyl (C=O) groups is 1. The number of nitrogens with zero attached hydrogens (tertiary/aromatic N) is 3. The fourth-order valence-corrected chi connectivity index (χ4v) is 2.98. The SMILES string of the molecule is Cc1ccc(-c2cc(C(=O)N[C@H]3CCc4nccn4C3)on2)cc1. The number of hydrogen-bond acceptors (Lipinski definition) is 4. The summed E-state index contributed by atoms with van der Waals surface area (Å²) in [6.45, 7) is 2.77. The van der Waals surface area contributed by atoms with Gasteiger partial charge in [0.2, 0.25) is 5.76 Å². The zero-order chi connectivity index (χ0) is 16.5. The smallest absolute Gasteiger partial charge is 0.290 e. The van der Waals surface area contributed by atoms with Gasteiger partial charge in [-0.2, -0.15) is 0 Å². The molecule has 2 aromatic heterocycles. The minimum atomic E-state index is -0.227. The van der Waals surface area contributed by atoms with E-state index >= 15 is 0 Å². The van der Waals surface area contributed by atoms with Crippen molar-refractivity contribution < 1.29 is 9.32 Å². The van der Waals surface area contributed by atoms with Crippen LogP contribution in [-0.4, -0.2) is 26.7 Å². The van der Waals surface area contributed by atoms with E-state index < -0.39 is 0 Å². The van der Waals surface area contributed by atoms with Crippen molar-refractivity contribution in [3.8, 4) is 11.3 Å². The molecule has 3 heterocycles. The molecule has 122 valence electrons. The molecule has 0 aliphatic carbocycles. The second kappa shape index (κ2) is 5.96. The van der Waals surface area contributed by atoms with E-state index in [1.54, 1.807) is 12.3 Å². The first-order valence-corrected chi connectivity index (χ1v) is 8.04. The molecule has 1 aliphatic rings. The first kappa shape index (κ1) is 14.7. The van der Waals surface area contributed by atoms with Crippen molar-refractivity contribution in [3.63, 3.8) is 0 Å². The molecule has 6 heteroatoms. The van der Waals surface area contributed by atoms with Gasteiger partial charge in [0.25, 0.3) is 5.91 Å². The Kier molecular flexibility index (Phi) is 3.65. The minimum absolute atomic E-state index is 0.0760. The van der Waals surface area contributed by atoms with E-state index in [2.05, 4.69) is 20.0 Å². The van der Waals surface area contributed by atoms with Crippen molar-refractivity contribution in [2.45, 2.75) is 32.4 Å². The number of nitrogens with one attached hydrogen (secondary N) is 1. The first-order chi connectivity index (χ1) is 11.7. The van der Waals surface area contributed by atoms with Crippen LogP contribution in [0.1, 0.15) is 28.4 Å². The summed E-state index contributed by atoms with van der Waals surface area (Å²) >= 11 is 0. The van der Waals surface area contributed by atoms with Crippen molar-refractivity contribution in [3.05, 3.63) is 59.9 Å². The Hall–Kier alpha value is -2.89. The van der Waals surface area contributed by atoms with Crippen molar-refractivity contribution in [1.29, 1.82) is 0 Å². The molecule has 0 spiro atoms. The third-order valence-corrected chi connectivity index (χ3v) is 4.35. The Morgan fingerprint density at radius 3 is 3.00 bits per heavy atom. The molecule has 0 bridgehead atoms. The second-order valence-corrected chi connectivity index (χ2v) is 6.15. The van der Waals surface area contributed by atoms with Gasteiger partial charge in [-0.25, -0.2) is 4.98 Å². The van der Waals surface area contributed by atoms with Gasteiger partial charge in [0.1, 0.15) is 11.5 Å². The molecule has 1 N–H and O–H groups in total. The summed E-state index contributed by atoms with van der Waals surface area (Å²) in [5.41, 5.74) is 2.78. The van der Waals surface area contributed by atoms with Gasteiger partial charge in [-0.15, -0.1) is 0 Å². The Bertz CT molecular complexity index is 863. The summed E-state index contributed by atoms with van der Waals surface area (Å²) in [7, 11) is 0. The summed E-state index contributed by atoms with van der Waals surface area (Å²) in [5, 5.41) is 7.03. The number of fused-ring (bicyclic) bond motifs is 1. The topological polar surface area (TPSA) is 73.0 Å². The summed E-state index contributed by atoms with van der Waals surface area (Å²) in [6, 6.07) is 9.72. The third kappa shape index (κ3) is 2.82. The highest BCUT2D eigenvalue weighted by Crippen LogP contribution is 2.20. The highest BCUT2D eigenvalue weighted by Gasteiger charge is 2.22. The average molecular weight is 322 g/mol. The Morgan fingerprint density at radius 1 is 1.33 bits per heavy atom. The van der Waals surface area contributed by atoms with Gasteiger partial charge >= 0.3 is 0 Å². The molecule has 4 rings (SSSR count). The molecule has 24 heavy (non-hydrogen) atoms. The minimum Gasteiger partial charge on any atom is -0.350 e. The van der Waals surface area contributed by atoms with Gasteiger partial charge in [-0.3, -0.25) is 4.79 Å². The molecule has 1 aromatic carbocycles. The van der Waals surface area contributed by atoms with Crippen molar-refractivity contribution in [2.24, 2.45) is 0 Å². The molecule has 0 unspecified atom stereocenters. The van der Waals surface area contributed by atoms with Crippen LogP contribution in [0.5, 0.6) is 0 Å². The summed E-state index contributed by atoms with van der Waals surface area (Å²) in [4.78, 5) is 16.7. The normalized spacial score (nSPS) is 16.6. The van der Waals surface area contributed by atoms with Gasteiger partial charge in [0.15, 0.2) is 0 Å². The number of amides is 1. The number of carbonyl (C=O) groups excluding carboxylic acids is 1. The first-order valence-electron chi connectivity index (χ1n) is 8.04. The van der Waals surface area contributed by atoms with Gasteiger partial charge in [-0.1, -0.05) is 35.0 Å². The molecule has 6 nitrogen and oxygen atoms in total. The van der Waals surface area contributed by atoms with Gasteiger partial charge < -0.3 is 14.4 Å². The highest BCUT2D eigenvalue weighted by molar-refractivity contribution is 5.92. The predicted molar refractivity (Wildman–Crippen MR) is 88.5 cm³/mol. The molecular formula is C18H18N4O2.